The number of nitrogens with two attached hydrogens (primary N) is 1. The summed E-state index contributed by atoms with van der Waals surface area (Å²) < 4.78 is 8.07. The minimum Gasteiger partial charge on any atom is -0.438 e. The molecule has 3 rings (SSSR count). The molecule has 1 aromatic carbocycles. The first kappa shape index (κ1) is 11.9. The van der Waals surface area contributed by atoms with Crippen LogP contribution in [0.5, 0.6) is 11.6 Å². The van der Waals surface area contributed by atoms with Crippen molar-refractivity contribution in [1.29, 1.82) is 0 Å². The summed E-state index contributed by atoms with van der Waals surface area (Å²) in [7, 11) is 0. The van der Waals surface area contributed by atoms with Crippen LogP contribution in [-0.4, -0.2) is 19.6 Å². The molecule has 7 heteroatoms. The maximum atomic E-state index is 5.84. The zero-order chi connectivity index (χ0) is 13.4. The van der Waals surface area contributed by atoms with Crippen LogP contribution in [0, 0.1) is 6.92 Å². The van der Waals surface area contributed by atoms with E-state index in [0.717, 1.165) is 5.69 Å². The second-order valence-corrected chi connectivity index (χ2v) is 4.76. The number of rotatable bonds is 2. The minimum atomic E-state index is 0.495. The van der Waals surface area contributed by atoms with Gasteiger partial charge in [-0.1, -0.05) is 6.07 Å². The Bertz CT molecular complexity index is 755. The lowest BCUT2D eigenvalue weighted by Crippen LogP contribution is -2.00. The fraction of sp³-hybridized carbons (Fsp3) is 0.0833. The number of fused-ring (bicyclic) bond motifs is 1. The van der Waals surface area contributed by atoms with Crippen molar-refractivity contribution >= 4 is 27.4 Å². The summed E-state index contributed by atoms with van der Waals surface area (Å²) in [6.07, 6.45) is 1.43. The lowest BCUT2D eigenvalue weighted by Gasteiger charge is -2.10. The van der Waals surface area contributed by atoms with Crippen LogP contribution in [0.25, 0.3) is 5.78 Å². The molecule has 0 aliphatic rings. The molecule has 6 nitrogen and oxygen atoms in total. The maximum absolute atomic E-state index is 5.84. The molecule has 0 aliphatic heterocycles. The first-order chi connectivity index (χ1) is 9.15. The summed E-state index contributed by atoms with van der Waals surface area (Å²) in [5.74, 6) is 1.64. The maximum Gasteiger partial charge on any atom is 0.255 e. The molecule has 0 spiro atoms. The Morgan fingerprint density at radius 1 is 1.37 bits per heavy atom. The SMILES string of the molecule is Cc1cc(Oc2cccc(N)c2Br)n2ncnc2n1. The lowest BCUT2D eigenvalue weighted by atomic mass is 10.3. The van der Waals surface area contributed by atoms with Crippen LogP contribution < -0.4 is 10.5 Å². The van der Waals surface area contributed by atoms with Crippen LogP contribution in [0.4, 0.5) is 5.69 Å². The monoisotopic (exact) mass is 319 g/mol. The number of anilines is 1. The smallest absolute Gasteiger partial charge is 0.255 e. The van der Waals surface area contributed by atoms with Crippen molar-refractivity contribution < 1.29 is 4.74 Å². The first-order valence-electron chi connectivity index (χ1n) is 5.54. The Labute approximate surface area is 117 Å². The molecule has 0 amide bonds. The zero-order valence-corrected chi connectivity index (χ0v) is 11.6. The normalized spacial score (nSPS) is 10.8. The van der Waals surface area contributed by atoms with Crippen molar-refractivity contribution in [2.75, 3.05) is 5.73 Å². The molecule has 2 heterocycles. The van der Waals surface area contributed by atoms with E-state index in [1.165, 1.54) is 10.8 Å². The standard InChI is InChI=1S/C12H10BrN5O/c1-7-5-10(18-12(17-7)15-6-16-18)19-9-4-2-3-8(14)11(9)13/h2-6H,14H2,1H3. The number of halogens is 1. The number of hydrogen-bond acceptors (Lipinski definition) is 5. The molecule has 0 radical (unpaired) electrons. The molecule has 2 aromatic heterocycles. The third-order valence-corrected chi connectivity index (χ3v) is 3.40. The van der Waals surface area contributed by atoms with E-state index in [4.69, 9.17) is 10.5 Å². The Morgan fingerprint density at radius 2 is 2.21 bits per heavy atom. The van der Waals surface area contributed by atoms with Crippen LogP contribution in [0.1, 0.15) is 5.69 Å². The van der Waals surface area contributed by atoms with Gasteiger partial charge < -0.3 is 10.5 Å². The number of nitrogen functional groups attached to an aromatic ring is 1. The highest BCUT2D eigenvalue weighted by atomic mass is 79.9. The molecular weight excluding hydrogens is 310 g/mol. The molecule has 0 saturated heterocycles. The van der Waals surface area contributed by atoms with E-state index < -0.39 is 0 Å². The summed E-state index contributed by atoms with van der Waals surface area (Å²) in [6, 6.07) is 7.22. The van der Waals surface area contributed by atoms with Crippen molar-refractivity contribution in [3.05, 3.63) is 40.8 Å². The molecule has 19 heavy (non-hydrogen) atoms. The van der Waals surface area contributed by atoms with Crippen molar-refractivity contribution in [3.8, 4) is 11.6 Å². The van der Waals surface area contributed by atoms with E-state index in [1.807, 2.05) is 19.1 Å². The Morgan fingerprint density at radius 3 is 3.05 bits per heavy atom. The fourth-order valence-electron chi connectivity index (χ4n) is 1.69. The van der Waals surface area contributed by atoms with E-state index >= 15 is 0 Å². The number of ether oxygens (including phenoxy) is 1. The van der Waals surface area contributed by atoms with Gasteiger partial charge in [0.15, 0.2) is 0 Å². The number of benzene rings is 1. The van der Waals surface area contributed by atoms with Gasteiger partial charge in [0, 0.05) is 17.4 Å². The van der Waals surface area contributed by atoms with Gasteiger partial charge in [0.25, 0.3) is 5.78 Å². The van der Waals surface area contributed by atoms with E-state index in [0.29, 0.717) is 27.6 Å². The Kier molecular flexibility index (Phi) is 2.83. The summed E-state index contributed by atoms with van der Waals surface area (Å²) in [6.45, 7) is 1.87. The van der Waals surface area contributed by atoms with E-state index in [9.17, 15) is 0 Å². The average Bonchev–Trinajstić information content (AvgIpc) is 2.83. The topological polar surface area (TPSA) is 78.3 Å². The van der Waals surface area contributed by atoms with Crippen LogP contribution in [0.3, 0.4) is 0 Å². The molecule has 3 aromatic rings. The van der Waals surface area contributed by atoms with Crippen molar-refractivity contribution in [2.45, 2.75) is 6.92 Å². The van der Waals surface area contributed by atoms with Crippen LogP contribution in [0.15, 0.2) is 35.1 Å². The predicted molar refractivity (Wildman–Crippen MR) is 74.1 cm³/mol. The highest BCUT2D eigenvalue weighted by Crippen LogP contribution is 2.33. The Hall–Kier alpha value is -2.15. The van der Waals surface area contributed by atoms with E-state index in [-0.39, 0.29) is 0 Å². The molecule has 0 unspecified atom stereocenters. The van der Waals surface area contributed by atoms with E-state index in [1.54, 1.807) is 12.1 Å². The fourth-order valence-corrected chi connectivity index (χ4v) is 2.03. The number of aryl methyl sites for hydroxylation is 1. The zero-order valence-electron chi connectivity index (χ0n) is 10.0. The summed E-state index contributed by atoms with van der Waals surface area (Å²) in [4.78, 5) is 8.30. The third kappa shape index (κ3) is 2.12. The second kappa shape index (κ2) is 4.51. The Balaban J connectivity index is 2.10. The lowest BCUT2D eigenvalue weighted by molar-refractivity contribution is 0.443. The first-order valence-corrected chi connectivity index (χ1v) is 6.33. The molecule has 2 N–H and O–H groups in total. The summed E-state index contributed by atoms with van der Waals surface area (Å²) in [5, 5.41) is 4.08. The molecule has 0 saturated carbocycles. The van der Waals surface area contributed by atoms with E-state index in [2.05, 4.69) is 31.0 Å². The highest BCUT2D eigenvalue weighted by Gasteiger charge is 2.10. The number of aromatic nitrogens is 4. The van der Waals surface area contributed by atoms with Gasteiger partial charge in [-0.2, -0.15) is 14.6 Å². The molecule has 96 valence electrons. The largest absolute Gasteiger partial charge is 0.438 e. The second-order valence-electron chi connectivity index (χ2n) is 3.97. The predicted octanol–water partition coefficient (Wildman–Crippen LogP) is 2.57. The molecule has 0 atom stereocenters. The number of hydrogen-bond donors (Lipinski definition) is 1. The van der Waals surface area contributed by atoms with Crippen molar-refractivity contribution in [2.24, 2.45) is 0 Å². The summed E-state index contributed by atoms with van der Waals surface area (Å²) >= 11 is 3.40. The summed E-state index contributed by atoms with van der Waals surface area (Å²) in [5.41, 5.74) is 7.23. The van der Waals surface area contributed by atoms with Gasteiger partial charge in [0.1, 0.15) is 12.1 Å². The molecular formula is C12H10BrN5O. The van der Waals surface area contributed by atoms with Gasteiger partial charge >= 0.3 is 0 Å². The molecule has 0 bridgehead atoms. The molecule has 0 aliphatic carbocycles. The van der Waals surface area contributed by atoms with Gasteiger partial charge in [-0.3, -0.25) is 0 Å². The van der Waals surface area contributed by atoms with Crippen molar-refractivity contribution in [1.82, 2.24) is 19.6 Å². The average molecular weight is 320 g/mol. The van der Waals surface area contributed by atoms with Gasteiger partial charge in [-0.15, -0.1) is 0 Å². The van der Waals surface area contributed by atoms with Gasteiger partial charge in [0.05, 0.1) is 4.47 Å². The van der Waals surface area contributed by atoms with Crippen LogP contribution in [-0.2, 0) is 0 Å². The third-order valence-electron chi connectivity index (χ3n) is 2.55. The minimum absolute atomic E-state index is 0.495. The quantitative estimate of drug-likeness (QED) is 0.734. The number of nitrogens with zero attached hydrogens (tertiary/aromatic N) is 4. The highest BCUT2D eigenvalue weighted by molar-refractivity contribution is 9.10. The van der Waals surface area contributed by atoms with Crippen molar-refractivity contribution in [3.63, 3.8) is 0 Å². The van der Waals surface area contributed by atoms with Gasteiger partial charge in [0.2, 0.25) is 5.88 Å². The van der Waals surface area contributed by atoms with Gasteiger partial charge in [-0.05, 0) is 35.0 Å². The van der Waals surface area contributed by atoms with Gasteiger partial charge in [-0.25, -0.2) is 4.98 Å². The molecule has 0 fully saturated rings. The van der Waals surface area contributed by atoms with Crippen LogP contribution >= 0.6 is 15.9 Å². The van der Waals surface area contributed by atoms with Crippen LogP contribution in [0.2, 0.25) is 0 Å².